The van der Waals surface area contributed by atoms with Gasteiger partial charge in [-0.1, -0.05) is 26.0 Å². The van der Waals surface area contributed by atoms with E-state index >= 15 is 0 Å². The fourth-order valence-corrected chi connectivity index (χ4v) is 4.09. The maximum atomic E-state index is 5.54. The second-order valence-electron chi connectivity index (χ2n) is 6.11. The van der Waals surface area contributed by atoms with Gasteiger partial charge in [0.1, 0.15) is 0 Å². The topological polar surface area (TPSA) is 30.5 Å². The monoisotopic (exact) mass is 279 g/mol. The summed E-state index contributed by atoms with van der Waals surface area (Å²) in [5, 5.41) is 3.67. The van der Waals surface area contributed by atoms with Gasteiger partial charge in [-0.25, -0.2) is 0 Å². The lowest BCUT2D eigenvalue weighted by Crippen LogP contribution is -2.39. The Labute approximate surface area is 119 Å². The van der Waals surface area contributed by atoms with Crippen LogP contribution in [0, 0.1) is 5.41 Å². The van der Waals surface area contributed by atoms with Crippen molar-refractivity contribution in [1.29, 1.82) is 0 Å². The van der Waals surface area contributed by atoms with Crippen LogP contribution in [-0.2, 0) is 6.54 Å². The largest absolute Gasteiger partial charge is 0.454 e. The van der Waals surface area contributed by atoms with Crippen molar-refractivity contribution in [3.8, 4) is 11.5 Å². The summed E-state index contributed by atoms with van der Waals surface area (Å²) in [6.45, 7) is 5.91. The molecule has 1 atom stereocenters. The smallest absolute Gasteiger partial charge is 0.231 e. The Morgan fingerprint density at radius 2 is 2.26 bits per heavy atom. The van der Waals surface area contributed by atoms with Gasteiger partial charge in [-0.15, -0.1) is 0 Å². The molecule has 2 aliphatic heterocycles. The maximum Gasteiger partial charge on any atom is 0.231 e. The van der Waals surface area contributed by atoms with Gasteiger partial charge in [0, 0.05) is 23.9 Å². The zero-order valence-corrected chi connectivity index (χ0v) is 12.4. The van der Waals surface area contributed by atoms with E-state index in [1.807, 2.05) is 12.1 Å². The average molecular weight is 279 g/mol. The first-order valence-electron chi connectivity index (χ1n) is 6.83. The number of rotatable bonds is 3. The molecule has 1 N–H and O–H groups in total. The first kappa shape index (κ1) is 13.1. The van der Waals surface area contributed by atoms with Gasteiger partial charge in [-0.05, 0) is 23.7 Å². The normalized spacial score (nSPS) is 24.4. The van der Waals surface area contributed by atoms with Crippen molar-refractivity contribution in [3.05, 3.63) is 23.8 Å². The zero-order chi connectivity index (χ0) is 13.3. The molecule has 19 heavy (non-hydrogen) atoms. The van der Waals surface area contributed by atoms with Gasteiger partial charge in [0.15, 0.2) is 11.5 Å². The molecule has 0 spiro atoms. The Bertz CT molecular complexity index is 461. The van der Waals surface area contributed by atoms with E-state index in [2.05, 4.69) is 37.0 Å². The summed E-state index contributed by atoms with van der Waals surface area (Å²) in [6, 6.07) is 6.70. The Morgan fingerprint density at radius 1 is 1.37 bits per heavy atom. The molecule has 3 rings (SSSR count). The zero-order valence-electron chi connectivity index (χ0n) is 11.6. The van der Waals surface area contributed by atoms with Crippen LogP contribution in [-0.4, -0.2) is 24.3 Å². The Hall–Kier alpha value is -0.870. The van der Waals surface area contributed by atoms with Gasteiger partial charge in [-0.3, -0.25) is 0 Å². The third kappa shape index (κ3) is 3.00. The van der Waals surface area contributed by atoms with Gasteiger partial charge in [0.25, 0.3) is 0 Å². The molecule has 2 heterocycles. The van der Waals surface area contributed by atoms with Crippen molar-refractivity contribution >= 4 is 11.8 Å². The summed E-state index contributed by atoms with van der Waals surface area (Å²) in [7, 11) is 0. The molecule has 1 aromatic carbocycles. The minimum absolute atomic E-state index is 0.346. The SMILES string of the molecule is CC1(C)CSCC(NCc2cccc3c2OCO3)C1. The van der Waals surface area contributed by atoms with E-state index in [-0.39, 0.29) is 0 Å². The van der Waals surface area contributed by atoms with Gasteiger partial charge >= 0.3 is 0 Å². The molecule has 4 heteroatoms. The van der Waals surface area contributed by atoms with Crippen molar-refractivity contribution in [1.82, 2.24) is 5.32 Å². The predicted octanol–water partition coefficient (Wildman–Crippen LogP) is 3.04. The fraction of sp³-hybridized carbons (Fsp3) is 0.600. The Morgan fingerprint density at radius 3 is 3.11 bits per heavy atom. The van der Waals surface area contributed by atoms with Crippen LogP contribution in [0.15, 0.2) is 18.2 Å². The molecule has 1 aromatic rings. The number of benzene rings is 1. The number of ether oxygens (including phenoxy) is 2. The summed E-state index contributed by atoms with van der Waals surface area (Å²) in [5.74, 6) is 4.26. The van der Waals surface area contributed by atoms with Crippen molar-refractivity contribution in [2.75, 3.05) is 18.3 Å². The third-order valence-corrected chi connectivity index (χ3v) is 5.29. The highest BCUT2D eigenvalue weighted by Crippen LogP contribution is 2.36. The van der Waals surface area contributed by atoms with Crippen LogP contribution in [0.4, 0.5) is 0 Å². The highest BCUT2D eigenvalue weighted by molar-refractivity contribution is 7.99. The minimum atomic E-state index is 0.346. The van der Waals surface area contributed by atoms with Crippen LogP contribution in [0.5, 0.6) is 11.5 Å². The third-order valence-electron chi connectivity index (χ3n) is 3.67. The molecular weight excluding hydrogens is 258 g/mol. The lowest BCUT2D eigenvalue weighted by atomic mass is 9.88. The maximum absolute atomic E-state index is 5.54. The van der Waals surface area contributed by atoms with E-state index < -0.39 is 0 Å². The van der Waals surface area contributed by atoms with E-state index in [9.17, 15) is 0 Å². The van der Waals surface area contributed by atoms with Crippen molar-refractivity contribution in [2.45, 2.75) is 32.9 Å². The van der Waals surface area contributed by atoms with Crippen LogP contribution < -0.4 is 14.8 Å². The number of para-hydroxylation sites is 1. The van der Waals surface area contributed by atoms with E-state index in [1.165, 1.54) is 23.5 Å². The average Bonchev–Trinajstić information content (AvgIpc) is 2.84. The van der Waals surface area contributed by atoms with Gasteiger partial charge < -0.3 is 14.8 Å². The molecule has 3 nitrogen and oxygen atoms in total. The van der Waals surface area contributed by atoms with Crippen LogP contribution in [0.2, 0.25) is 0 Å². The van der Waals surface area contributed by atoms with E-state index in [4.69, 9.17) is 9.47 Å². The molecular formula is C15H21NO2S. The second kappa shape index (κ2) is 5.25. The standard InChI is InChI=1S/C15H21NO2S/c1-15(2)6-12(8-19-9-15)16-7-11-4-3-5-13-14(11)18-10-17-13/h3-5,12,16H,6-10H2,1-2H3. The minimum Gasteiger partial charge on any atom is -0.454 e. The van der Waals surface area contributed by atoms with Crippen molar-refractivity contribution in [2.24, 2.45) is 5.41 Å². The first-order chi connectivity index (χ1) is 9.14. The van der Waals surface area contributed by atoms with Gasteiger partial charge in [0.05, 0.1) is 0 Å². The number of hydrogen-bond acceptors (Lipinski definition) is 4. The summed E-state index contributed by atoms with van der Waals surface area (Å²) in [4.78, 5) is 0. The quantitative estimate of drug-likeness (QED) is 0.921. The molecule has 0 aliphatic carbocycles. The summed E-state index contributed by atoms with van der Waals surface area (Å²) in [6.07, 6.45) is 1.24. The summed E-state index contributed by atoms with van der Waals surface area (Å²) in [5.41, 5.74) is 1.64. The van der Waals surface area contributed by atoms with Crippen molar-refractivity contribution < 1.29 is 9.47 Å². The van der Waals surface area contributed by atoms with E-state index in [0.717, 1.165) is 18.0 Å². The Kier molecular flexibility index (Phi) is 3.63. The molecule has 1 unspecified atom stereocenters. The highest BCUT2D eigenvalue weighted by atomic mass is 32.2. The molecule has 0 saturated carbocycles. The van der Waals surface area contributed by atoms with Crippen molar-refractivity contribution in [3.63, 3.8) is 0 Å². The second-order valence-corrected chi connectivity index (χ2v) is 7.14. The van der Waals surface area contributed by atoms with E-state index in [1.54, 1.807) is 0 Å². The molecule has 0 aromatic heterocycles. The predicted molar refractivity (Wildman–Crippen MR) is 78.9 cm³/mol. The van der Waals surface area contributed by atoms with Gasteiger partial charge in [0.2, 0.25) is 6.79 Å². The lowest BCUT2D eigenvalue weighted by Gasteiger charge is -2.35. The number of hydrogen-bond donors (Lipinski definition) is 1. The summed E-state index contributed by atoms with van der Waals surface area (Å²) < 4.78 is 11.0. The molecule has 1 fully saturated rings. The number of thioether (sulfide) groups is 1. The Balaban J connectivity index is 1.62. The van der Waals surface area contributed by atoms with Crippen LogP contribution in [0.3, 0.4) is 0 Å². The molecule has 2 aliphatic rings. The fourth-order valence-electron chi connectivity index (χ4n) is 2.78. The number of nitrogens with one attached hydrogen (secondary N) is 1. The van der Waals surface area contributed by atoms with Gasteiger partial charge in [-0.2, -0.15) is 11.8 Å². The molecule has 0 bridgehead atoms. The first-order valence-corrected chi connectivity index (χ1v) is 7.98. The molecule has 104 valence electrons. The van der Waals surface area contributed by atoms with Crippen LogP contribution in [0.1, 0.15) is 25.8 Å². The molecule has 0 radical (unpaired) electrons. The molecule has 1 saturated heterocycles. The highest BCUT2D eigenvalue weighted by Gasteiger charge is 2.28. The van der Waals surface area contributed by atoms with Crippen LogP contribution in [0.25, 0.3) is 0 Å². The molecule has 0 amide bonds. The lowest BCUT2D eigenvalue weighted by molar-refractivity contribution is 0.173. The number of fused-ring (bicyclic) bond motifs is 1. The summed E-state index contributed by atoms with van der Waals surface area (Å²) >= 11 is 2.05. The van der Waals surface area contributed by atoms with E-state index in [0.29, 0.717) is 18.2 Å². The van der Waals surface area contributed by atoms with Crippen LogP contribution >= 0.6 is 11.8 Å².